The minimum absolute atomic E-state index is 0.0444. The predicted octanol–water partition coefficient (Wildman–Crippen LogP) is 3.68. The maximum atomic E-state index is 13.6. The van der Waals surface area contributed by atoms with Gasteiger partial charge in [-0.2, -0.15) is 0 Å². The summed E-state index contributed by atoms with van der Waals surface area (Å²) in [6.07, 6.45) is 4.97. The second kappa shape index (κ2) is 11.2. The third-order valence-corrected chi connectivity index (χ3v) is 7.62. The lowest BCUT2D eigenvalue weighted by molar-refractivity contribution is -0.139. The van der Waals surface area contributed by atoms with Crippen molar-refractivity contribution in [3.63, 3.8) is 0 Å². The number of amides is 2. The third kappa shape index (κ3) is 6.81. The molecule has 7 nitrogen and oxygen atoms in total. The van der Waals surface area contributed by atoms with Gasteiger partial charge < -0.3 is 10.2 Å². The van der Waals surface area contributed by atoms with Gasteiger partial charge in [-0.05, 0) is 62.4 Å². The van der Waals surface area contributed by atoms with E-state index in [1.807, 2.05) is 6.07 Å². The quantitative estimate of drug-likeness (QED) is 0.566. The molecule has 2 aromatic carbocycles. The number of benzene rings is 2. The number of nitrogens with zero attached hydrogens (tertiary/aromatic N) is 2. The average Bonchev–Trinajstić information content (AvgIpc) is 3.29. The van der Waals surface area contributed by atoms with E-state index in [1.165, 1.54) is 17.0 Å². The van der Waals surface area contributed by atoms with E-state index in [4.69, 9.17) is 0 Å². The molecule has 9 heteroatoms. The molecule has 0 spiro atoms. The Hall–Kier alpha value is -2.94. The van der Waals surface area contributed by atoms with E-state index in [2.05, 4.69) is 5.32 Å². The summed E-state index contributed by atoms with van der Waals surface area (Å²) in [5.74, 6) is -1.21. The highest BCUT2D eigenvalue weighted by Crippen LogP contribution is 2.27. The summed E-state index contributed by atoms with van der Waals surface area (Å²) in [7, 11) is -3.80. The topological polar surface area (TPSA) is 86.8 Å². The molecule has 0 bridgehead atoms. The van der Waals surface area contributed by atoms with Crippen LogP contribution in [0.15, 0.2) is 42.5 Å². The molecule has 1 aliphatic carbocycles. The normalized spacial score (nSPS) is 15.0. The van der Waals surface area contributed by atoms with Gasteiger partial charge in [-0.3, -0.25) is 13.9 Å². The highest BCUT2D eigenvalue weighted by Gasteiger charge is 2.32. The largest absolute Gasteiger partial charge is 0.352 e. The fraction of sp³-hybridized carbons (Fsp3) is 0.462. The zero-order chi connectivity index (χ0) is 25.8. The standard InChI is InChI=1S/C26H34FN3O4S/c1-18-8-7-9-19(2)25(18)30(35(4,33)34)17-24(31)29(16-21-12-14-22(27)15-13-21)20(3)26(32)28-23-10-5-6-11-23/h7-9,12-15,20,23H,5-6,10-11,16-17H2,1-4H3,(H,28,32)/t20-/m0/s1. The fourth-order valence-corrected chi connectivity index (χ4v) is 5.50. The molecular weight excluding hydrogens is 469 g/mol. The number of hydrogen-bond acceptors (Lipinski definition) is 4. The van der Waals surface area contributed by atoms with E-state index in [9.17, 15) is 22.4 Å². The van der Waals surface area contributed by atoms with E-state index in [0.29, 0.717) is 11.3 Å². The second-order valence-corrected chi connectivity index (χ2v) is 11.2. The molecule has 2 amide bonds. The van der Waals surface area contributed by atoms with Crippen LogP contribution in [-0.2, 0) is 26.2 Å². The lowest BCUT2D eigenvalue weighted by Crippen LogP contribution is -2.52. The summed E-state index contributed by atoms with van der Waals surface area (Å²) in [6.45, 7) is 4.81. The van der Waals surface area contributed by atoms with E-state index < -0.39 is 34.3 Å². The number of rotatable bonds is 9. The van der Waals surface area contributed by atoms with Crippen LogP contribution in [0.4, 0.5) is 10.1 Å². The summed E-state index contributed by atoms with van der Waals surface area (Å²) in [5.41, 5.74) is 2.53. The Morgan fingerprint density at radius 1 is 1.06 bits per heavy atom. The van der Waals surface area contributed by atoms with E-state index in [0.717, 1.165) is 47.4 Å². The Kier molecular flexibility index (Phi) is 8.53. The number of carbonyl (C=O) groups is 2. The molecule has 3 rings (SSSR count). The van der Waals surface area contributed by atoms with Crippen LogP contribution in [0.3, 0.4) is 0 Å². The zero-order valence-electron chi connectivity index (χ0n) is 20.8. The first kappa shape index (κ1) is 26.7. The summed E-state index contributed by atoms with van der Waals surface area (Å²) in [6, 6.07) is 10.3. The van der Waals surface area contributed by atoms with Gasteiger partial charge in [0.1, 0.15) is 18.4 Å². The van der Waals surface area contributed by atoms with Gasteiger partial charge in [-0.1, -0.05) is 43.2 Å². The monoisotopic (exact) mass is 503 g/mol. The van der Waals surface area contributed by atoms with Gasteiger partial charge in [0.15, 0.2) is 0 Å². The molecule has 1 atom stereocenters. The Bertz CT molecular complexity index is 1140. The number of carbonyl (C=O) groups excluding carboxylic acids is 2. The van der Waals surface area contributed by atoms with Crippen molar-refractivity contribution in [2.24, 2.45) is 0 Å². The smallest absolute Gasteiger partial charge is 0.244 e. The molecule has 2 aromatic rings. The van der Waals surface area contributed by atoms with Crippen LogP contribution < -0.4 is 9.62 Å². The van der Waals surface area contributed by atoms with Crippen LogP contribution in [-0.4, -0.2) is 50.0 Å². The van der Waals surface area contributed by atoms with Gasteiger partial charge in [-0.15, -0.1) is 0 Å². The van der Waals surface area contributed by atoms with Crippen LogP contribution in [0, 0.1) is 19.7 Å². The van der Waals surface area contributed by atoms with Crippen LogP contribution in [0.25, 0.3) is 0 Å². The number of sulfonamides is 1. The Balaban J connectivity index is 1.91. The molecule has 0 aliphatic heterocycles. The first-order valence-corrected chi connectivity index (χ1v) is 13.7. The maximum absolute atomic E-state index is 13.6. The van der Waals surface area contributed by atoms with Crippen molar-refractivity contribution < 1.29 is 22.4 Å². The molecule has 0 aromatic heterocycles. The molecule has 1 N–H and O–H groups in total. The van der Waals surface area contributed by atoms with Crippen molar-refractivity contribution in [3.05, 3.63) is 65.0 Å². The van der Waals surface area contributed by atoms with Crippen LogP contribution in [0.5, 0.6) is 0 Å². The molecule has 1 fully saturated rings. The second-order valence-electron chi connectivity index (χ2n) is 9.32. The van der Waals surface area contributed by atoms with Crippen LogP contribution in [0.1, 0.15) is 49.3 Å². The van der Waals surface area contributed by atoms with Crippen molar-refractivity contribution in [1.29, 1.82) is 0 Å². The molecule has 1 aliphatic rings. The number of para-hydroxylation sites is 1. The minimum atomic E-state index is -3.80. The van der Waals surface area contributed by atoms with Crippen molar-refractivity contribution in [2.45, 2.75) is 65.1 Å². The first-order chi connectivity index (χ1) is 16.5. The Morgan fingerprint density at radius 3 is 2.17 bits per heavy atom. The predicted molar refractivity (Wildman–Crippen MR) is 135 cm³/mol. The van der Waals surface area contributed by atoms with Gasteiger partial charge in [0, 0.05) is 12.6 Å². The number of anilines is 1. The lowest BCUT2D eigenvalue weighted by Gasteiger charge is -2.32. The molecule has 0 unspecified atom stereocenters. The van der Waals surface area contributed by atoms with Crippen molar-refractivity contribution in [2.75, 3.05) is 17.1 Å². The molecule has 1 saturated carbocycles. The number of hydrogen-bond donors (Lipinski definition) is 1. The summed E-state index contributed by atoms with van der Waals surface area (Å²) < 4.78 is 40.1. The fourth-order valence-electron chi connectivity index (χ4n) is 4.54. The van der Waals surface area contributed by atoms with Gasteiger partial charge in [0.2, 0.25) is 21.8 Å². The average molecular weight is 504 g/mol. The van der Waals surface area contributed by atoms with Crippen molar-refractivity contribution >= 4 is 27.5 Å². The molecule has 190 valence electrons. The summed E-state index contributed by atoms with van der Waals surface area (Å²) in [4.78, 5) is 28.0. The van der Waals surface area contributed by atoms with Gasteiger partial charge >= 0.3 is 0 Å². The summed E-state index contributed by atoms with van der Waals surface area (Å²) in [5, 5.41) is 3.02. The van der Waals surface area contributed by atoms with Gasteiger partial charge in [0.05, 0.1) is 11.9 Å². The van der Waals surface area contributed by atoms with E-state index in [-0.39, 0.29) is 18.5 Å². The van der Waals surface area contributed by atoms with Crippen molar-refractivity contribution in [1.82, 2.24) is 10.2 Å². The van der Waals surface area contributed by atoms with E-state index >= 15 is 0 Å². The molecule has 0 radical (unpaired) electrons. The highest BCUT2D eigenvalue weighted by molar-refractivity contribution is 7.92. The Labute approximate surface area is 207 Å². The minimum Gasteiger partial charge on any atom is -0.352 e. The van der Waals surface area contributed by atoms with Crippen LogP contribution in [0.2, 0.25) is 0 Å². The van der Waals surface area contributed by atoms with Gasteiger partial charge in [0.25, 0.3) is 0 Å². The number of nitrogens with one attached hydrogen (secondary N) is 1. The SMILES string of the molecule is Cc1cccc(C)c1N(CC(=O)N(Cc1ccc(F)cc1)[C@@H](C)C(=O)NC1CCCC1)S(C)(=O)=O. The lowest BCUT2D eigenvalue weighted by atomic mass is 10.1. The third-order valence-electron chi connectivity index (χ3n) is 6.50. The molecule has 0 saturated heterocycles. The van der Waals surface area contributed by atoms with Crippen LogP contribution >= 0.6 is 0 Å². The Morgan fingerprint density at radius 2 is 1.63 bits per heavy atom. The van der Waals surface area contributed by atoms with Gasteiger partial charge in [-0.25, -0.2) is 12.8 Å². The first-order valence-electron chi connectivity index (χ1n) is 11.9. The summed E-state index contributed by atoms with van der Waals surface area (Å²) >= 11 is 0. The molecule has 0 heterocycles. The van der Waals surface area contributed by atoms with Crippen molar-refractivity contribution in [3.8, 4) is 0 Å². The van der Waals surface area contributed by atoms with E-state index in [1.54, 1.807) is 45.0 Å². The zero-order valence-corrected chi connectivity index (χ0v) is 21.6. The molecular formula is C26H34FN3O4S. The molecule has 35 heavy (non-hydrogen) atoms. The highest BCUT2D eigenvalue weighted by atomic mass is 32.2. The maximum Gasteiger partial charge on any atom is 0.244 e. The number of aryl methyl sites for hydroxylation is 2. The number of halogens is 1.